The first-order valence-electron chi connectivity index (χ1n) is 5.07. The van der Waals surface area contributed by atoms with E-state index in [1.165, 1.54) is 26.4 Å². The Morgan fingerprint density at radius 3 is 1.82 bits per heavy atom. The molecule has 1 rings (SSSR count). The van der Waals surface area contributed by atoms with Crippen LogP contribution in [0, 0.1) is 0 Å². The molecule has 0 aromatic carbocycles. The van der Waals surface area contributed by atoms with Crippen molar-refractivity contribution in [2.45, 2.75) is 0 Å². The molecule has 17 heavy (non-hydrogen) atoms. The Morgan fingerprint density at radius 2 is 1.53 bits per heavy atom. The van der Waals surface area contributed by atoms with Crippen molar-refractivity contribution < 1.29 is 8.82 Å². The molecule has 9 heteroatoms. The molecule has 0 saturated carbocycles. The van der Waals surface area contributed by atoms with Crippen molar-refractivity contribution in [3.63, 3.8) is 0 Å². The van der Waals surface area contributed by atoms with E-state index in [-0.39, 0.29) is 0 Å². The summed E-state index contributed by atoms with van der Waals surface area (Å²) in [7, 11) is 5.44. The monoisotopic (exact) mass is 266 g/mol. The molecule has 0 N–H and O–H groups in total. The molecule has 0 amide bonds. The van der Waals surface area contributed by atoms with Crippen molar-refractivity contribution >= 4 is 7.59 Å². The number of hydrogen-bond donors (Lipinski definition) is 0. The van der Waals surface area contributed by atoms with Crippen LogP contribution in [-0.4, -0.2) is 71.5 Å². The van der Waals surface area contributed by atoms with Crippen molar-refractivity contribution in [2.75, 3.05) is 42.3 Å². The van der Waals surface area contributed by atoms with Gasteiger partial charge in [0.1, 0.15) is 0 Å². The maximum absolute atomic E-state index is 15.7. The van der Waals surface area contributed by atoms with E-state index in [1.54, 1.807) is 42.3 Å². The van der Waals surface area contributed by atoms with Gasteiger partial charge in [-0.1, -0.05) is 0 Å². The van der Waals surface area contributed by atoms with Gasteiger partial charge < -0.3 is 0 Å². The van der Waals surface area contributed by atoms with Crippen LogP contribution in [-0.2, 0) is 0 Å². The second-order valence-corrected chi connectivity index (χ2v) is 8.42. The van der Waals surface area contributed by atoms with Crippen molar-refractivity contribution in [3.8, 4) is 0 Å². The van der Waals surface area contributed by atoms with Crippen molar-refractivity contribution in [1.82, 2.24) is 29.2 Å². The Labute approximate surface area is 101 Å². The van der Waals surface area contributed by atoms with Gasteiger partial charge in [0, 0.05) is 0 Å². The first-order valence-corrected chi connectivity index (χ1v) is 6.97. The molecule has 7 nitrogen and oxygen atoms in total. The van der Waals surface area contributed by atoms with Crippen molar-refractivity contribution in [3.05, 3.63) is 12.4 Å². The summed E-state index contributed by atoms with van der Waals surface area (Å²) < 4.78 is 25.5. The minimum absolute atomic E-state index is 1.04. The number of rotatable bonds is 5. The Balaban J connectivity index is 3.26. The predicted octanol–water partition coefficient (Wildman–Crippen LogP) is 0.489. The van der Waals surface area contributed by atoms with E-state index in [1.807, 2.05) is 0 Å². The van der Waals surface area contributed by atoms with E-state index >= 15 is 4.20 Å². The van der Waals surface area contributed by atoms with Crippen LogP contribution >= 0.6 is 7.59 Å². The van der Waals surface area contributed by atoms with Crippen LogP contribution in [0.15, 0.2) is 12.4 Å². The van der Waals surface area contributed by atoms with Crippen molar-refractivity contribution in [2.24, 2.45) is 0 Å². The number of hydrogen-bond acceptors (Lipinski definition) is 6. The molecular weight excluding hydrogens is 246 g/mol. The summed E-state index contributed by atoms with van der Waals surface area (Å²) in [5.74, 6) is 0. The third-order valence-corrected chi connectivity index (χ3v) is 7.12. The van der Waals surface area contributed by atoms with Crippen LogP contribution in [0.1, 0.15) is 0 Å². The third-order valence-electron chi connectivity index (χ3n) is 2.64. The van der Waals surface area contributed by atoms with Crippen LogP contribution in [0.5, 0.6) is 0 Å². The topological polar surface area (TPSA) is 49.7 Å². The molecule has 0 aliphatic heterocycles. The first kappa shape index (κ1) is 14.2. The number of aromatic nitrogens is 3. The average Bonchev–Trinajstić information content (AvgIpc) is 2.69. The van der Waals surface area contributed by atoms with E-state index in [0.29, 0.717) is 0 Å². The second kappa shape index (κ2) is 4.45. The van der Waals surface area contributed by atoms with Gasteiger partial charge in [-0.05, 0) is 0 Å². The normalized spacial score (nSPS) is 15.3. The summed E-state index contributed by atoms with van der Waals surface area (Å²) in [6.45, 7) is 0. The summed E-state index contributed by atoms with van der Waals surface area (Å²) in [6, 6.07) is 0. The van der Waals surface area contributed by atoms with Gasteiger partial charge in [-0.25, -0.2) is 0 Å². The van der Waals surface area contributed by atoms with Gasteiger partial charge in [0.25, 0.3) is 0 Å². The van der Waals surface area contributed by atoms with E-state index in [0.717, 1.165) is 4.85 Å². The van der Waals surface area contributed by atoms with Crippen LogP contribution in [0.3, 0.4) is 0 Å². The Morgan fingerprint density at radius 1 is 1.06 bits per heavy atom. The quantitative estimate of drug-likeness (QED) is 0.723. The molecule has 0 atom stereocenters. The molecule has 1 aromatic heterocycles. The van der Waals surface area contributed by atoms with Gasteiger partial charge in [0.05, 0.1) is 0 Å². The Hall–Kier alpha value is -0.820. The van der Waals surface area contributed by atoms with Gasteiger partial charge in [-0.3, -0.25) is 0 Å². The molecule has 0 aliphatic carbocycles. The van der Waals surface area contributed by atoms with Crippen LogP contribution < -0.4 is 4.62 Å². The number of halogens is 1. The standard InChI is InChI=1S/C8H20FN6OP/c1-12(2)17(9,13(3)4,14(5)6)16-15-8-7-10-11-15/h7-8H,1-6H3. The molecule has 100 valence electrons. The molecular formula is C8H20FN6OP. The van der Waals surface area contributed by atoms with Gasteiger partial charge in [-0.2, -0.15) is 0 Å². The zero-order chi connectivity index (χ0) is 13.3. The predicted molar refractivity (Wildman–Crippen MR) is 65.7 cm³/mol. The molecule has 0 spiro atoms. The van der Waals surface area contributed by atoms with Gasteiger partial charge >= 0.3 is 100 Å². The van der Waals surface area contributed by atoms with Gasteiger partial charge in [0.15, 0.2) is 0 Å². The summed E-state index contributed by atoms with van der Waals surface area (Å²) in [5, 5.41) is 7.25. The summed E-state index contributed by atoms with van der Waals surface area (Å²) in [5.41, 5.74) is 0. The second-order valence-electron chi connectivity index (χ2n) is 4.24. The van der Waals surface area contributed by atoms with Gasteiger partial charge in [0.2, 0.25) is 0 Å². The number of nitrogens with zero attached hydrogens (tertiary/aromatic N) is 6. The van der Waals surface area contributed by atoms with E-state index in [2.05, 4.69) is 10.3 Å². The molecule has 0 unspecified atom stereocenters. The Bertz CT molecular complexity index is 344. The molecule has 0 fully saturated rings. The van der Waals surface area contributed by atoms with Crippen LogP contribution in [0.4, 0.5) is 4.20 Å². The van der Waals surface area contributed by atoms with Crippen molar-refractivity contribution in [1.29, 1.82) is 0 Å². The SMILES string of the molecule is CN(C)P(F)(On1ccnn1)(N(C)C)N(C)C. The summed E-state index contributed by atoms with van der Waals surface area (Å²) >= 11 is 0. The molecule has 0 saturated heterocycles. The van der Waals surface area contributed by atoms with E-state index in [9.17, 15) is 0 Å². The fourth-order valence-corrected chi connectivity index (χ4v) is 4.64. The zero-order valence-corrected chi connectivity index (χ0v) is 12.0. The van der Waals surface area contributed by atoms with Gasteiger partial charge in [-0.15, -0.1) is 0 Å². The fraction of sp³-hybridized carbons (Fsp3) is 0.750. The molecule has 0 bridgehead atoms. The minimum atomic E-state index is -4.36. The molecule has 0 aliphatic rings. The molecule has 0 radical (unpaired) electrons. The summed E-state index contributed by atoms with van der Waals surface area (Å²) in [6.07, 6.45) is 2.89. The summed E-state index contributed by atoms with van der Waals surface area (Å²) in [4.78, 5) is 1.04. The maximum atomic E-state index is 15.7. The average molecular weight is 266 g/mol. The van der Waals surface area contributed by atoms with E-state index in [4.69, 9.17) is 4.62 Å². The first-order chi connectivity index (χ1) is 7.73. The van der Waals surface area contributed by atoms with Crippen LogP contribution in [0.25, 0.3) is 0 Å². The van der Waals surface area contributed by atoms with Crippen LogP contribution in [0.2, 0.25) is 0 Å². The molecule has 1 heterocycles. The third kappa shape index (κ3) is 2.01. The molecule has 1 aromatic rings. The fourth-order valence-electron chi connectivity index (χ4n) is 1.68. The zero-order valence-electron chi connectivity index (χ0n) is 11.1. The Kier molecular flexibility index (Phi) is 3.73. The van der Waals surface area contributed by atoms with E-state index < -0.39 is 7.59 Å².